The number of anilines is 1. The molecule has 4 aromatic heterocycles. The fourth-order valence-electron chi connectivity index (χ4n) is 11.0. The maximum Gasteiger partial charge on any atom is 0.253 e. The van der Waals surface area contributed by atoms with E-state index in [9.17, 15) is 14.4 Å². The number of imide groups is 1. The third-order valence-corrected chi connectivity index (χ3v) is 14.9. The minimum Gasteiger partial charge on any atom is -0.374 e. The fourth-order valence-corrected chi connectivity index (χ4v) is 11.0. The van der Waals surface area contributed by atoms with Crippen LogP contribution in [0.4, 0.5) is 5.69 Å². The molecule has 8 heterocycles. The van der Waals surface area contributed by atoms with E-state index in [0.29, 0.717) is 30.7 Å². The van der Waals surface area contributed by atoms with Crippen LogP contribution < -0.4 is 10.6 Å². The number of aryl methyl sites for hydroxylation is 1. The summed E-state index contributed by atoms with van der Waals surface area (Å²) in [6.45, 7) is 7.76. The van der Waals surface area contributed by atoms with Crippen molar-refractivity contribution in [1.82, 2.24) is 49.5 Å². The van der Waals surface area contributed by atoms with Crippen LogP contribution in [0.15, 0.2) is 91.4 Å². The summed E-state index contributed by atoms with van der Waals surface area (Å²) in [4.78, 5) is 49.5. The second-order valence-corrected chi connectivity index (χ2v) is 18.9. The van der Waals surface area contributed by atoms with Gasteiger partial charge in [-0.25, -0.2) is 4.98 Å². The zero-order valence-electron chi connectivity index (χ0n) is 37.1. The highest BCUT2D eigenvalue weighted by Gasteiger charge is 2.30. The van der Waals surface area contributed by atoms with Crippen LogP contribution in [0.1, 0.15) is 84.9 Å². The van der Waals surface area contributed by atoms with E-state index in [1.165, 1.54) is 27.8 Å². The molecule has 1 atom stereocenters. The molecule has 0 aliphatic carbocycles. The molecule has 0 radical (unpaired) electrons. The average molecular weight is 872 g/mol. The Morgan fingerprint density at radius 2 is 1.60 bits per heavy atom. The summed E-state index contributed by atoms with van der Waals surface area (Å²) in [7, 11) is 2.13. The fraction of sp³-hybridized carbons (Fsp3) is 0.412. The van der Waals surface area contributed by atoms with E-state index in [1.807, 2.05) is 30.7 Å². The first-order valence-corrected chi connectivity index (χ1v) is 23.6. The molecule has 3 amide bonds. The second-order valence-electron chi connectivity index (χ2n) is 18.9. The van der Waals surface area contributed by atoms with Crippen molar-refractivity contribution in [3.8, 4) is 11.1 Å². The first kappa shape index (κ1) is 41.3. The number of amides is 3. The summed E-state index contributed by atoms with van der Waals surface area (Å²) in [5.41, 5.74) is 9.78. The van der Waals surface area contributed by atoms with E-state index in [0.717, 1.165) is 130 Å². The van der Waals surface area contributed by atoms with E-state index in [2.05, 4.69) is 112 Å². The zero-order valence-corrected chi connectivity index (χ0v) is 37.1. The Morgan fingerprint density at radius 1 is 0.800 bits per heavy atom. The van der Waals surface area contributed by atoms with Gasteiger partial charge in [-0.15, -0.1) is 0 Å². The van der Waals surface area contributed by atoms with Crippen molar-refractivity contribution in [2.45, 2.75) is 75.9 Å². The number of piperidine rings is 4. The van der Waals surface area contributed by atoms with Crippen LogP contribution in [0.25, 0.3) is 44.0 Å². The van der Waals surface area contributed by atoms with Gasteiger partial charge in [0.1, 0.15) is 11.7 Å². The van der Waals surface area contributed by atoms with Crippen molar-refractivity contribution < 1.29 is 14.4 Å². The van der Waals surface area contributed by atoms with Crippen molar-refractivity contribution >= 4 is 56.2 Å². The minimum absolute atomic E-state index is 0.158. The number of aromatic amines is 1. The number of hydrogen-bond acceptors (Lipinski definition) is 9. The van der Waals surface area contributed by atoms with E-state index in [1.54, 1.807) is 0 Å². The van der Waals surface area contributed by atoms with Gasteiger partial charge in [-0.3, -0.25) is 34.4 Å². The van der Waals surface area contributed by atoms with Crippen molar-refractivity contribution in [2.24, 2.45) is 13.0 Å². The summed E-state index contributed by atoms with van der Waals surface area (Å²) >= 11 is 0. The SMILES string of the molecule is Cn1c(CN2CCC(c3ccc(C(=O)N4CCC(CN5CCC(n6ncc7cc(NC8CCC(=O)NC8=O)ccc76)CC5)CC4)cc3)CC2)cc2c(-c3ccc4[nH]ncc4c3)ccnc21. The largest absolute Gasteiger partial charge is 0.374 e. The molecule has 0 saturated carbocycles. The van der Waals surface area contributed by atoms with Gasteiger partial charge in [0.05, 0.1) is 29.5 Å². The van der Waals surface area contributed by atoms with Crippen LogP contribution in [-0.2, 0) is 23.2 Å². The Balaban J connectivity index is 0.626. The summed E-state index contributed by atoms with van der Waals surface area (Å²) in [6.07, 6.45) is 12.9. The molecule has 0 bridgehead atoms. The molecular formula is C51H57N11O3. The van der Waals surface area contributed by atoms with Gasteiger partial charge in [0.2, 0.25) is 11.8 Å². The third-order valence-electron chi connectivity index (χ3n) is 14.9. The monoisotopic (exact) mass is 871 g/mol. The highest BCUT2D eigenvalue weighted by molar-refractivity contribution is 6.01. The molecule has 14 heteroatoms. The Hall–Kier alpha value is -6.38. The Bertz CT molecular complexity index is 2870. The highest BCUT2D eigenvalue weighted by atomic mass is 16.2. The second kappa shape index (κ2) is 17.5. The lowest BCUT2D eigenvalue weighted by molar-refractivity contribution is -0.133. The molecule has 3 aromatic carbocycles. The summed E-state index contributed by atoms with van der Waals surface area (Å²) in [5.74, 6) is 0.778. The van der Waals surface area contributed by atoms with Gasteiger partial charge < -0.3 is 19.7 Å². The van der Waals surface area contributed by atoms with Gasteiger partial charge in [-0.1, -0.05) is 18.2 Å². The number of H-pyrrole nitrogens is 1. The van der Waals surface area contributed by atoms with Crippen molar-refractivity contribution in [1.29, 1.82) is 0 Å². The number of carbonyl (C=O) groups is 3. The van der Waals surface area contributed by atoms with Gasteiger partial charge in [0, 0.05) is 92.0 Å². The van der Waals surface area contributed by atoms with E-state index >= 15 is 0 Å². The number of nitrogens with one attached hydrogen (secondary N) is 3. The molecule has 14 nitrogen and oxygen atoms in total. The number of rotatable bonds is 10. The number of likely N-dealkylation sites (tertiary alicyclic amines) is 3. The molecule has 3 N–H and O–H groups in total. The first-order chi connectivity index (χ1) is 31.8. The van der Waals surface area contributed by atoms with E-state index in [-0.39, 0.29) is 17.7 Å². The Labute approximate surface area is 378 Å². The lowest BCUT2D eigenvalue weighted by Gasteiger charge is -2.38. The molecule has 4 saturated heterocycles. The van der Waals surface area contributed by atoms with Gasteiger partial charge >= 0.3 is 0 Å². The quantitative estimate of drug-likeness (QED) is 0.121. The molecule has 1 unspecified atom stereocenters. The molecule has 0 spiro atoms. The van der Waals surface area contributed by atoms with E-state index < -0.39 is 6.04 Å². The number of hydrogen-bond donors (Lipinski definition) is 3. The van der Waals surface area contributed by atoms with Crippen molar-refractivity contribution in [2.75, 3.05) is 51.1 Å². The maximum absolute atomic E-state index is 13.7. The predicted octanol–water partition coefficient (Wildman–Crippen LogP) is 7.25. The lowest BCUT2D eigenvalue weighted by Crippen LogP contribution is -2.47. The molecule has 4 fully saturated rings. The molecule has 4 aliphatic rings. The predicted molar refractivity (Wildman–Crippen MR) is 252 cm³/mol. The normalized spacial score (nSPS) is 20.0. The lowest BCUT2D eigenvalue weighted by atomic mass is 9.88. The van der Waals surface area contributed by atoms with Crippen molar-refractivity contribution in [3.63, 3.8) is 0 Å². The molecule has 11 rings (SSSR count). The van der Waals surface area contributed by atoms with Crippen LogP contribution in [0.5, 0.6) is 0 Å². The smallest absolute Gasteiger partial charge is 0.253 e. The summed E-state index contributed by atoms with van der Waals surface area (Å²) in [5, 5.41) is 21.1. The van der Waals surface area contributed by atoms with Crippen LogP contribution in [0.2, 0.25) is 0 Å². The molecule has 7 aromatic rings. The van der Waals surface area contributed by atoms with Crippen LogP contribution in [0.3, 0.4) is 0 Å². The standard InChI is InChI=1S/C51H57N11O3/c1-58-42(28-44-43(12-19-52-49(44)58)37-6-8-45-38(26-37)29-53-57-45)32-60-20-15-35(16-21-60)34-2-4-36(5-3-34)51(65)61-24-13-33(14-25-61)31-59-22-17-41(18-23-59)62-47-10-7-40(27-39(47)30-54-62)55-46-9-11-48(63)56-50(46)64/h2-8,10,12,19,26-30,33,35,41,46,55H,9,11,13-18,20-25,31-32H2,1H3,(H,53,57)(H,56,63,64). The number of aromatic nitrogens is 6. The summed E-state index contributed by atoms with van der Waals surface area (Å²) in [6, 6.07) is 25.5. The third kappa shape index (κ3) is 8.41. The van der Waals surface area contributed by atoms with Gasteiger partial charge in [-0.2, -0.15) is 10.2 Å². The number of benzene rings is 3. The minimum atomic E-state index is -0.407. The van der Waals surface area contributed by atoms with Gasteiger partial charge in [-0.05, 0) is 141 Å². The number of pyridine rings is 1. The number of nitrogens with zero attached hydrogens (tertiary/aromatic N) is 8. The number of fused-ring (bicyclic) bond motifs is 3. The summed E-state index contributed by atoms with van der Waals surface area (Å²) < 4.78 is 4.42. The maximum atomic E-state index is 13.7. The highest BCUT2D eigenvalue weighted by Crippen LogP contribution is 2.34. The zero-order chi connectivity index (χ0) is 44.0. The molecular weight excluding hydrogens is 815 g/mol. The Kier molecular flexibility index (Phi) is 11.2. The molecule has 334 valence electrons. The average Bonchev–Trinajstić information content (AvgIpc) is 4.07. The van der Waals surface area contributed by atoms with E-state index in [4.69, 9.17) is 10.1 Å². The number of carbonyl (C=O) groups excluding carboxylic acids is 3. The molecule has 65 heavy (non-hydrogen) atoms. The van der Waals surface area contributed by atoms with Gasteiger partial charge in [0.25, 0.3) is 5.91 Å². The van der Waals surface area contributed by atoms with Crippen LogP contribution >= 0.6 is 0 Å². The topological polar surface area (TPSA) is 149 Å². The Morgan fingerprint density at radius 3 is 2.40 bits per heavy atom. The molecule has 4 aliphatic heterocycles. The first-order valence-electron chi connectivity index (χ1n) is 23.6. The van der Waals surface area contributed by atoms with Crippen molar-refractivity contribution in [3.05, 3.63) is 108 Å². The van der Waals surface area contributed by atoms with Crippen LogP contribution in [0, 0.1) is 5.92 Å². The van der Waals surface area contributed by atoms with Gasteiger partial charge in [0.15, 0.2) is 0 Å². The van der Waals surface area contributed by atoms with Crippen LogP contribution in [-0.4, -0.2) is 114 Å².